The molecule has 7 nitrogen and oxygen atoms in total. The minimum Gasteiger partial charge on any atom is -0.494 e. The largest absolute Gasteiger partial charge is 0.494 e. The zero-order valence-corrected chi connectivity index (χ0v) is 17.3. The number of carbonyl (C=O) groups is 2. The molecule has 0 aliphatic carbocycles. The summed E-state index contributed by atoms with van der Waals surface area (Å²) in [6.07, 6.45) is 4.70. The fourth-order valence-corrected chi connectivity index (χ4v) is 3.95. The summed E-state index contributed by atoms with van der Waals surface area (Å²) in [7, 11) is 0. The van der Waals surface area contributed by atoms with E-state index >= 15 is 0 Å². The maximum atomic E-state index is 12.9. The highest BCUT2D eigenvalue weighted by Gasteiger charge is 2.35. The molecule has 2 heterocycles. The highest BCUT2D eigenvalue weighted by molar-refractivity contribution is 5.95. The zero-order valence-electron chi connectivity index (χ0n) is 17.3. The zero-order chi connectivity index (χ0) is 20.6. The van der Waals surface area contributed by atoms with E-state index in [-0.39, 0.29) is 12.6 Å². The number of ether oxygens (including phenoxy) is 2. The maximum absolute atomic E-state index is 12.9. The van der Waals surface area contributed by atoms with E-state index in [2.05, 4.69) is 15.5 Å². The average molecular weight is 402 g/mol. The SMILES string of the molecule is CCOC(=O)C1=C(CN2CCCCCC2)NC(=O)N[C@@H]1c1ccccc1OCC. The normalized spacial score (nSPS) is 20.5. The van der Waals surface area contributed by atoms with E-state index in [1.165, 1.54) is 12.8 Å². The van der Waals surface area contributed by atoms with E-state index in [0.29, 0.717) is 30.2 Å². The molecular weight excluding hydrogens is 370 g/mol. The number of urea groups is 1. The summed E-state index contributed by atoms with van der Waals surface area (Å²) in [5, 5.41) is 5.76. The number of likely N-dealkylation sites (tertiary alicyclic amines) is 1. The van der Waals surface area contributed by atoms with Crippen molar-refractivity contribution in [3.63, 3.8) is 0 Å². The van der Waals surface area contributed by atoms with E-state index in [1.54, 1.807) is 6.92 Å². The van der Waals surface area contributed by atoms with Crippen molar-refractivity contribution >= 4 is 12.0 Å². The number of hydrogen-bond donors (Lipinski definition) is 2. The maximum Gasteiger partial charge on any atom is 0.338 e. The monoisotopic (exact) mass is 401 g/mol. The highest BCUT2D eigenvalue weighted by Crippen LogP contribution is 2.34. The van der Waals surface area contributed by atoms with Crippen molar-refractivity contribution in [3.8, 4) is 5.75 Å². The Morgan fingerprint density at radius 1 is 1.10 bits per heavy atom. The standard InChI is InChI=1S/C22H31N3O4/c1-3-28-18-12-8-7-11-16(18)20-19(21(26)29-4-2)17(23-22(27)24-20)15-25-13-9-5-6-10-14-25/h7-8,11-12,20H,3-6,9-10,13-15H2,1-2H3,(H2,23,24,27)/t20-/m1/s1. The van der Waals surface area contributed by atoms with Crippen molar-refractivity contribution < 1.29 is 19.1 Å². The average Bonchev–Trinajstić information content (AvgIpc) is 2.97. The third-order valence-corrected chi connectivity index (χ3v) is 5.26. The quantitative estimate of drug-likeness (QED) is 0.686. The van der Waals surface area contributed by atoms with Gasteiger partial charge in [0.1, 0.15) is 5.75 Å². The third kappa shape index (κ3) is 5.29. The van der Waals surface area contributed by atoms with Gasteiger partial charge in [-0.15, -0.1) is 0 Å². The molecule has 1 fully saturated rings. The first-order chi connectivity index (χ1) is 14.1. The molecule has 2 aliphatic heterocycles. The van der Waals surface area contributed by atoms with Crippen LogP contribution in [0.25, 0.3) is 0 Å². The molecule has 29 heavy (non-hydrogen) atoms. The first-order valence-electron chi connectivity index (χ1n) is 10.6. The van der Waals surface area contributed by atoms with Gasteiger partial charge in [0.05, 0.1) is 24.8 Å². The smallest absolute Gasteiger partial charge is 0.338 e. The Labute approximate surface area is 172 Å². The van der Waals surface area contributed by atoms with Crippen LogP contribution in [0.1, 0.15) is 51.1 Å². The molecule has 0 aromatic heterocycles. The molecule has 3 rings (SSSR count). The van der Waals surface area contributed by atoms with Crippen molar-refractivity contribution in [1.82, 2.24) is 15.5 Å². The molecule has 2 aliphatic rings. The third-order valence-electron chi connectivity index (χ3n) is 5.26. The predicted molar refractivity (Wildman–Crippen MR) is 111 cm³/mol. The van der Waals surface area contributed by atoms with Crippen LogP contribution in [0.5, 0.6) is 5.75 Å². The number of nitrogens with one attached hydrogen (secondary N) is 2. The molecule has 7 heteroatoms. The van der Waals surface area contributed by atoms with Crippen LogP contribution >= 0.6 is 0 Å². The molecule has 1 atom stereocenters. The van der Waals surface area contributed by atoms with Gasteiger partial charge < -0.3 is 20.1 Å². The molecule has 1 saturated heterocycles. The van der Waals surface area contributed by atoms with E-state index in [0.717, 1.165) is 31.5 Å². The van der Waals surface area contributed by atoms with Crippen LogP contribution in [0.2, 0.25) is 0 Å². The molecule has 1 aromatic carbocycles. The van der Waals surface area contributed by atoms with Crippen molar-refractivity contribution in [2.24, 2.45) is 0 Å². The summed E-state index contributed by atoms with van der Waals surface area (Å²) in [6, 6.07) is 6.55. The highest BCUT2D eigenvalue weighted by atomic mass is 16.5. The van der Waals surface area contributed by atoms with Gasteiger partial charge in [0.25, 0.3) is 0 Å². The van der Waals surface area contributed by atoms with Crippen molar-refractivity contribution in [3.05, 3.63) is 41.1 Å². The number of hydrogen-bond acceptors (Lipinski definition) is 5. The van der Waals surface area contributed by atoms with E-state index in [9.17, 15) is 9.59 Å². The molecule has 0 radical (unpaired) electrons. The van der Waals surface area contributed by atoms with Crippen LogP contribution in [0, 0.1) is 0 Å². The summed E-state index contributed by atoms with van der Waals surface area (Å²) in [5.74, 6) is 0.235. The lowest BCUT2D eigenvalue weighted by molar-refractivity contribution is -0.139. The number of benzene rings is 1. The lowest BCUT2D eigenvalue weighted by Crippen LogP contribution is -2.48. The van der Waals surface area contributed by atoms with Gasteiger partial charge in [-0.2, -0.15) is 0 Å². The van der Waals surface area contributed by atoms with Crippen LogP contribution in [-0.4, -0.2) is 49.7 Å². The van der Waals surface area contributed by atoms with Gasteiger partial charge in [0.2, 0.25) is 0 Å². The number of amides is 2. The Kier molecular flexibility index (Phi) is 7.52. The van der Waals surface area contributed by atoms with Gasteiger partial charge in [-0.3, -0.25) is 4.90 Å². The van der Waals surface area contributed by atoms with Crippen molar-refractivity contribution in [2.45, 2.75) is 45.6 Å². The predicted octanol–water partition coefficient (Wildman–Crippen LogP) is 3.13. The van der Waals surface area contributed by atoms with Crippen LogP contribution in [0.4, 0.5) is 4.79 Å². The Balaban J connectivity index is 2.01. The van der Waals surface area contributed by atoms with Gasteiger partial charge >= 0.3 is 12.0 Å². The van der Waals surface area contributed by atoms with Gasteiger partial charge in [0.15, 0.2) is 0 Å². The number of esters is 1. The van der Waals surface area contributed by atoms with Crippen molar-refractivity contribution in [2.75, 3.05) is 32.8 Å². The first-order valence-corrected chi connectivity index (χ1v) is 10.6. The topological polar surface area (TPSA) is 79.9 Å². The van der Waals surface area contributed by atoms with E-state index in [1.807, 2.05) is 31.2 Å². The first kappa shape index (κ1) is 21.2. The Morgan fingerprint density at radius 3 is 2.52 bits per heavy atom. The van der Waals surface area contributed by atoms with Gasteiger partial charge in [-0.25, -0.2) is 9.59 Å². The Morgan fingerprint density at radius 2 is 1.83 bits per heavy atom. The summed E-state index contributed by atoms with van der Waals surface area (Å²) in [6.45, 7) is 6.90. The second kappa shape index (κ2) is 10.3. The Hall–Kier alpha value is -2.54. The molecule has 0 bridgehead atoms. The summed E-state index contributed by atoms with van der Waals surface area (Å²) in [5.41, 5.74) is 1.81. The van der Waals surface area contributed by atoms with Crippen LogP contribution in [0.3, 0.4) is 0 Å². The molecule has 0 unspecified atom stereocenters. The second-order valence-electron chi connectivity index (χ2n) is 7.31. The van der Waals surface area contributed by atoms with Crippen molar-refractivity contribution in [1.29, 1.82) is 0 Å². The molecular formula is C22H31N3O4. The number of rotatable bonds is 7. The van der Waals surface area contributed by atoms with Gasteiger partial charge in [-0.05, 0) is 45.8 Å². The molecule has 0 spiro atoms. The molecule has 2 amide bonds. The fourth-order valence-electron chi connectivity index (χ4n) is 3.95. The Bertz CT molecular complexity index is 754. The summed E-state index contributed by atoms with van der Waals surface area (Å²) >= 11 is 0. The van der Waals surface area contributed by atoms with Crippen LogP contribution in [0.15, 0.2) is 35.5 Å². The lowest BCUT2D eigenvalue weighted by atomic mass is 9.94. The minimum atomic E-state index is -0.618. The molecule has 2 N–H and O–H groups in total. The van der Waals surface area contributed by atoms with Gasteiger partial charge in [-0.1, -0.05) is 31.0 Å². The molecule has 158 valence electrons. The van der Waals surface area contributed by atoms with Gasteiger partial charge in [0, 0.05) is 17.8 Å². The number of nitrogens with zero attached hydrogens (tertiary/aromatic N) is 1. The lowest BCUT2D eigenvalue weighted by Gasteiger charge is -2.32. The second-order valence-corrected chi connectivity index (χ2v) is 7.31. The van der Waals surface area contributed by atoms with Crippen LogP contribution < -0.4 is 15.4 Å². The van der Waals surface area contributed by atoms with Crippen LogP contribution in [-0.2, 0) is 9.53 Å². The molecule has 0 saturated carbocycles. The van der Waals surface area contributed by atoms with E-state index in [4.69, 9.17) is 9.47 Å². The summed E-state index contributed by atoms with van der Waals surface area (Å²) < 4.78 is 11.1. The minimum absolute atomic E-state index is 0.271. The summed E-state index contributed by atoms with van der Waals surface area (Å²) in [4.78, 5) is 27.7. The molecule has 1 aromatic rings. The van der Waals surface area contributed by atoms with E-state index < -0.39 is 12.0 Å². The fraction of sp³-hybridized carbons (Fsp3) is 0.545. The number of para-hydroxylation sites is 1. The number of carbonyl (C=O) groups excluding carboxylic acids is 2.